The normalized spacial score (nSPS) is 28.1. The maximum Gasteiger partial charge on any atom is 0.391 e. The second kappa shape index (κ2) is 6.65. The third-order valence-corrected chi connectivity index (χ3v) is 4.03. The molecule has 17 heavy (non-hydrogen) atoms. The zero-order valence-electron chi connectivity index (χ0n) is 11.0. The maximum absolute atomic E-state index is 12.7. The minimum atomic E-state index is -3.97. The van der Waals surface area contributed by atoms with Crippen molar-refractivity contribution in [3.63, 3.8) is 0 Å². The van der Waals surface area contributed by atoms with Crippen molar-refractivity contribution < 1.29 is 13.2 Å². The molecule has 1 fully saturated rings. The molecular formula is C14H25F3. The smallest absolute Gasteiger partial charge is 0.171 e. The molecule has 0 aromatic heterocycles. The lowest BCUT2D eigenvalue weighted by molar-refractivity contribution is -0.186. The van der Waals surface area contributed by atoms with Crippen LogP contribution in [0, 0.1) is 17.8 Å². The Balaban J connectivity index is 2.34. The lowest BCUT2D eigenvalue weighted by atomic mass is 9.76. The van der Waals surface area contributed by atoms with Crippen molar-refractivity contribution in [1.82, 2.24) is 0 Å². The van der Waals surface area contributed by atoms with Gasteiger partial charge in [0, 0.05) is 0 Å². The molecule has 2 unspecified atom stereocenters. The summed E-state index contributed by atoms with van der Waals surface area (Å²) in [5.41, 5.74) is 0. The van der Waals surface area contributed by atoms with Gasteiger partial charge in [-0.25, -0.2) is 0 Å². The van der Waals surface area contributed by atoms with Crippen LogP contribution in [0.4, 0.5) is 13.2 Å². The Morgan fingerprint density at radius 3 is 2.53 bits per heavy atom. The van der Waals surface area contributed by atoms with Gasteiger partial charge < -0.3 is 0 Å². The zero-order valence-corrected chi connectivity index (χ0v) is 11.0. The molecule has 0 nitrogen and oxygen atoms in total. The molecule has 1 saturated carbocycles. The summed E-state index contributed by atoms with van der Waals surface area (Å²) in [5, 5.41) is 0. The summed E-state index contributed by atoms with van der Waals surface area (Å²) in [6.07, 6.45) is 3.07. The summed E-state index contributed by atoms with van der Waals surface area (Å²) in [5.74, 6) is -0.131. The van der Waals surface area contributed by atoms with Crippen LogP contribution in [0.2, 0.25) is 0 Å². The lowest BCUT2D eigenvalue weighted by Crippen LogP contribution is -2.29. The van der Waals surface area contributed by atoms with E-state index in [-0.39, 0.29) is 0 Å². The van der Waals surface area contributed by atoms with Crippen molar-refractivity contribution in [2.75, 3.05) is 0 Å². The highest BCUT2D eigenvalue weighted by atomic mass is 19.4. The molecule has 0 amide bonds. The largest absolute Gasteiger partial charge is 0.391 e. The number of hydrogen-bond donors (Lipinski definition) is 0. The summed E-state index contributed by atoms with van der Waals surface area (Å²) in [6.45, 7) is 4.35. The van der Waals surface area contributed by atoms with E-state index in [0.29, 0.717) is 24.7 Å². The Morgan fingerprint density at radius 2 is 1.94 bits per heavy atom. The van der Waals surface area contributed by atoms with Crippen molar-refractivity contribution in [3.05, 3.63) is 0 Å². The molecule has 0 aliphatic heterocycles. The number of hydrogen-bond acceptors (Lipinski definition) is 0. The van der Waals surface area contributed by atoms with Gasteiger partial charge in [-0.05, 0) is 31.1 Å². The fraction of sp³-hybridized carbons (Fsp3) is 1.00. The van der Waals surface area contributed by atoms with Gasteiger partial charge in [-0.3, -0.25) is 0 Å². The van der Waals surface area contributed by atoms with Gasteiger partial charge in [0.15, 0.2) is 0 Å². The monoisotopic (exact) mass is 250 g/mol. The Kier molecular flexibility index (Phi) is 5.81. The second-order valence-corrected chi connectivity index (χ2v) is 5.75. The van der Waals surface area contributed by atoms with Crippen molar-refractivity contribution in [3.8, 4) is 0 Å². The number of rotatable bonds is 5. The zero-order chi connectivity index (χ0) is 12.9. The van der Waals surface area contributed by atoms with Gasteiger partial charge >= 0.3 is 6.18 Å². The molecule has 0 saturated heterocycles. The summed E-state index contributed by atoms with van der Waals surface area (Å²) in [4.78, 5) is 0. The molecule has 0 N–H and O–H groups in total. The summed E-state index contributed by atoms with van der Waals surface area (Å²) in [6, 6.07) is 0. The number of unbranched alkanes of at least 4 members (excludes halogenated alkanes) is 1. The molecule has 0 bridgehead atoms. The van der Waals surface area contributed by atoms with E-state index in [0.717, 1.165) is 19.3 Å². The highest BCUT2D eigenvalue weighted by Gasteiger charge is 2.42. The van der Waals surface area contributed by atoms with E-state index < -0.39 is 12.1 Å². The van der Waals surface area contributed by atoms with E-state index >= 15 is 0 Å². The van der Waals surface area contributed by atoms with Gasteiger partial charge in [-0.1, -0.05) is 46.0 Å². The SMILES string of the molecule is CCCC[C@@H](C)CC1CCCC(C(F)(F)F)C1. The highest BCUT2D eigenvalue weighted by Crippen LogP contribution is 2.42. The summed E-state index contributed by atoms with van der Waals surface area (Å²) >= 11 is 0. The second-order valence-electron chi connectivity index (χ2n) is 5.75. The van der Waals surface area contributed by atoms with E-state index in [2.05, 4.69) is 13.8 Å². The van der Waals surface area contributed by atoms with Gasteiger partial charge in [0.2, 0.25) is 0 Å². The van der Waals surface area contributed by atoms with Crippen molar-refractivity contribution >= 4 is 0 Å². The van der Waals surface area contributed by atoms with Crippen LogP contribution in [0.3, 0.4) is 0 Å². The standard InChI is InChI=1S/C14H25F3/c1-3-4-6-11(2)9-12-7-5-8-13(10-12)14(15,16)17/h11-13H,3-10H2,1-2H3/t11-,12?,13?/m1/s1. The van der Waals surface area contributed by atoms with Crippen molar-refractivity contribution in [2.24, 2.45) is 17.8 Å². The third-order valence-electron chi connectivity index (χ3n) is 4.03. The molecule has 102 valence electrons. The minimum absolute atomic E-state index is 0.308. The average Bonchev–Trinajstić information content (AvgIpc) is 2.25. The van der Waals surface area contributed by atoms with Gasteiger partial charge in [0.05, 0.1) is 5.92 Å². The maximum atomic E-state index is 12.7. The highest BCUT2D eigenvalue weighted by molar-refractivity contribution is 4.78. The number of alkyl halides is 3. The first-order chi connectivity index (χ1) is 7.93. The van der Waals surface area contributed by atoms with E-state index in [1.807, 2.05) is 0 Å². The van der Waals surface area contributed by atoms with Gasteiger partial charge in [0.1, 0.15) is 0 Å². The van der Waals surface area contributed by atoms with E-state index in [9.17, 15) is 13.2 Å². The van der Waals surface area contributed by atoms with Crippen LogP contribution in [-0.2, 0) is 0 Å². The van der Waals surface area contributed by atoms with E-state index in [1.165, 1.54) is 19.3 Å². The van der Waals surface area contributed by atoms with Crippen LogP contribution in [0.25, 0.3) is 0 Å². The summed E-state index contributed by atoms with van der Waals surface area (Å²) < 4.78 is 38.0. The molecule has 0 radical (unpaired) electrons. The van der Waals surface area contributed by atoms with E-state index in [1.54, 1.807) is 0 Å². The summed E-state index contributed by atoms with van der Waals surface area (Å²) in [7, 11) is 0. The van der Waals surface area contributed by atoms with Gasteiger partial charge in [0.25, 0.3) is 0 Å². The first-order valence-corrected chi connectivity index (χ1v) is 7.00. The first-order valence-electron chi connectivity index (χ1n) is 7.00. The van der Waals surface area contributed by atoms with Crippen LogP contribution in [0.5, 0.6) is 0 Å². The van der Waals surface area contributed by atoms with Crippen LogP contribution >= 0.6 is 0 Å². The van der Waals surface area contributed by atoms with Gasteiger partial charge in [-0.2, -0.15) is 13.2 Å². The molecule has 0 aromatic carbocycles. The Labute approximate surface area is 103 Å². The molecule has 1 aliphatic carbocycles. The quantitative estimate of drug-likeness (QED) is 0.598. The van der Waals surface area contributed by atoms with Crippen molar-refractivity contribution in [1.29, 1.82) is 0 Å². The van der Waals surface area contributed by atoms with Crippen LogP contribution in [0.1, 0.15) is 65.2 Å². The fourth-order valence-corrected chi connectivity index (χ4v) is 3.04. The molecule has 1 aliphatic rings. The fourth-order valence-electron chi connectivity index (χ4n) is 3.04. The van der Waals surface area contributed by atoms with E-state index in [4.69, 9.17) is 0 Å². The molecular weight excluding hydrogens is 225 g/mol. The average molecular weight is 250 g/mol. The molecule has 0 spiro atoms. The minimum Gasteiger partial charge on any atom is -0.171 e. The first kappa shape index (κ1) is 14.8. The predicted octanol–water partition coefficient (Wildman–Crippen LogP) is 5.57. The Hall–Kier alpha value is -0.210. The predicted molar refractivity (Wildman–Crippen MR) is 64.8 cm³/mol. The van der Waals surface area contributed by atoms with Crippen LogP contribution < -0.4 is 0 Å². The molecule has 1 rings (SSSR count). The molecule has 0 heterocycles. The lowest BCUT2D eigenvalue weighted by Gasteiger charge is -2.32. The molecule has 3 heteroatoms. The van der Waals surface area contributed by atoms with Crippen LogP contribution in [0.15, 0.2) is 0 Å². The number of halogens is 3. The third kappa shape index (κ3) is 5.31. The topological polar surface area (TPSA) is 0 Å². The van der Waals surface area contributed by atoms with Gasteiger partial charge in [-0.15, -0.1) is 0 Å². The molecule has 0 aromatic rings. The Morgan fingerprint density at radius 1 is 1.24 bits per heavy atom. The van der Waals surface area contributed by atoms with Crippen molar-refractivity contribution in [2.45, 2.75) is 71.4 Å². The van der Waals surface area contributed by atoms with Crippen LogP contribution in [-0.4, -0.2) is 6.18 Å². The Bertz CT molecular complexity index is 210. The molecule has 3 atom stereocenters.